The zero-order valence-corrected chi connectivity index (χ0v) is 9.62. The lowest BCUT2D eigenvalue weighted by Crippen LogP contribution is -2.05. The van der Waals surface area contributed by atoms with Crippen molar-refractivity contribution in [3.05, 3.63) is 24.3 Å². The van der Waals surface area contributed by atoms with Crippen molar-refractivity contribution >= 4 is 34.4 Å². The van der Waals surface area contributed by atoms with Crippen LogP contribution in [0.25, 0.3) is 0 Å². The summed E-state index contributed by atoms with van der Waals surface area (Å²) in [7, 11) is 0. The van der Waals surface area contributed by atoms with Gasteiger partial charge in [-0.2, -0.15) is 0 Å². The molecule has 0 bridgehead atoms. The largest absolute Gasteiger partial charge is 0.334 e. The number of thioether (sulfide) groups is 2. The molecule has 2 rings (SSSR count). The van der Waals surface area contributed by atoms with Gasteiger partial charge in [-0.1, -0.05) is 23.9 Å². The van der Waals surface area contributed by atoms with E-state index >= 15 is 0 Å². The predicted octanol–water partition coefficient (Wildman–Crippen LogP) is 2.92. The summed E-state index contributed by atoms with van der Waals surface area (Å²) in [6.07, 6.45) is 2.09. The molecule has 0 aromatic heterocycles. The maximum Gasteiger partial charge on any atom is 0.161 e. The summed E-state index contributed by atoms with van der Waals surface area (Å²) < 4.78 is 0. The third-order valence-electron chi connectivity index (χ3n) is 1.93. The van der Waals surface area contributed by atoms with Gasteiger partial charge in [0.1, 0.15) is 0 Å². The quantitative estimate of drug-likeness (QED) is 0.782. The number of benzene rings is 1. The standard InChI is InChI=1S/C10H12N2S2/c1-13-9-5-3-2-4-8(9)12-10-11-6-7-14-10/h2-5H,6-7H2,1H3,(H,11,12). The SMILES string of the molecule is CSc1ccccc1NC1=NCCS1. The minimum atomic E-state index is 0.939. The first-order valence-corrected chi connectivity index (χ1v) is 6.68. The molecule has 0 fully saturated rings. The van der Waals surface area contributed by atoms with Gasteiger partial charge in [-0.25, -0.2) is 0 Å². The lowest BCUT2D eigenvalue weighted by atomic mass is 10.3. The van der Waals surface area contributed by atoms with E-state index in [9.17, 15) is 0 Å². The predicted molar refractivity (Wildman–Crippen MR) is 66.6 cm³/mol. The molecule has 1 aromatic rings. The molecule has 1 aliphatic heterocycles. The molecule has 0 saturated carbocycles. The fraction of sp³-hybridized carbons (Fsp3) is 0.300. The van der Waals surface area contributed by atoms with Crippen LogP contribution in [0.1, 0.15) is 0 Å². The molecule has 4 heteroatoms. The average Bonchev–Trinajstić information content (AvgIpc) is 2.71. The van der Waals surface area contributed by atoms with E-state index in [4.69, 9.17) is 0 Å². The Bertz CT molecular complexity index is 350. The summed E-state index contributed by atoms with van der Waals surface area (Å²) >= 11 is 3.54. The van der Waals surface area contributed by atoms with E-state index in [0.29, 0.717) is 0 Å². The molecule has 1 aromatic carbocycles. The Hall–Kier alpha value is -0.610. The second-order valence-corrected chi connectivity index (χ2v) is 4.79. The van der Waals surface area contributed by atoms with Gasteiger partial charge in [0.15, 0.2) is 5.17 Å². The topological polar surface area (TPSA) is 24.4 Å². The number of amidine groups is 1. The molecule has 0 atom stereocenters. The number of hydrogen-bond acceptors (Lipinski definition) is 4. The van der Waals surface area contributed by atoms with Crippen molar-refractivity contribution in [2.45, 2.75) is 4.90 Å². The molecule has 0 aliphatic carbocycles. The Labute approximate surface area is 92.6 Å². The van der Waals surface area contributed by atoms with E-state index < -0.39 is 0 Å². The van der Waals surface area contributed by atoms with Crippen LogP contribution in [-0.2, 0) is 0 Å². The molecular weight excluding hydrogens is 212 g/mol. The lowest BCUT2D eigenvalue weighted by Gasteiger charge is -2.08. The normalized spacial score (nSPS) is 15.4. The van der Waals surface area contributed by atoms with Crippen LogP contribution in [0, 0.1) is 0 Å². The maximum atomic E-state index is 4.37. The molecule has 0 spiro atoms. The number of anilines is 1. The van der Waals surface area contributed by atoms with Crippen LogP contribution in [-0.4, -0.2) is 23.7 Å². The van der Waals surface area contributed by atoms with Crippen LogP contribution < -0.4 is 5.32 Å². The number of nitrogens with one attached hydrogen (secondary N) is 1. The monoisotopic (exact) mass is 224 g/mol. The third kappa shape index (κ3) is 2.25. The molecule has 0 saturated heterocycles. The zero-order valence-electron chi connectivity index (χ0n) is 7.99. The highest BCUT2D eigenvalue weighted by atomic mass is 32.2. The minimum Gasteiger partial charge on any atom is -0.334 e. The number of hydrogen-bond donors (Lipinski definition) is 1. The van der Waals surface area contributed by atoms with Gasteiger partial charge in [-0.3, -0.25) is 4.99 Å². The second-order valence-electron chi connectivity index (χ2n) is 2.86. The molecule has 14 heavy (non-hydrogen) atoms. The summed E-state index contributed by atoms with van der Waals surface area (Å²) in [6, 6.07) is 8.31. The molecule has 74 valence electrons. The van der Waals surface area contributed by atoms with E-state index in [1.54, 1.807) is 23.5 Å². The van der Waals surface area contributed by atoms with Gasteiger partial charge in [-0.15, -0.1) is 11.8 Å². The summed E-state index contributed by atoms with van der Waals surface area (Å²) in [5.74, 6) is 1.10. The van der Waals surface area contributed by atoms with Crippen molar-refractivity contribution in [3.8, 4) is 0 Å². The first-order valence-electron chi connectivity index (χ1n) is 4.47. The highest BCUT2D eigenvalue weighted by Gasteiger charge is 2.08. The maximum absolute atomic E-state index is 4.37. The van der Waals surface area contributed by atoms with Gasteiger partial charge < -0.3 is 5.32 Å². The third-order valence-corrected chi connectivity index (χ3v) is 3.62. The van der Waals surface area contributed by atoms with Crippen molar-refractivity contribution in [1.29, 1.82) is 0 Å². The molecule has 1 heterocycles. The molecular formula is C10H12N2S2. The van der Waals surface area contributed by atoms with E-state index in [-0.39, 0.29) is 0 Å². The molecule has 1 aliphatic rings. The van der Waals surface area contributed by atoms with Gasteiger partial charge >= 0.3 is 0 Å². The second kappa shape index (κ2) is 4.75. The minimum absolute atomic E-state index is 0.939. The van der Waals surface area contributed by atoms with Crippen molar-refractivity contribution in [1.82, 2.24) is 0 Å². The number of aliphatic imine (C=N–C) groups is 1. The van der Waals surface area contributed by atoms with Crippen LogP contribution in [0.4, 0.5) is 5.69 Å². The molecule has 0 unspecified atom stereocenters. The van der Waals surface area contributed by atoms with E-state index in [2.05, 4.69) is 34.8 Å². The fourth-order valence-corrected chi connectivity index (χ4v) is 2.57. The molecule has 0 amide bonds. The van der Waals surface area contributed by atoms with E-state index in [0.717, 1.165) is 23.2 Å². The summed E-state index contributed by atoms with van der Waals surface area (Å²) in [5, 5.41) is 4.40. The summed E-state index contributed by atoms with van der Waals surface area (Å²) in [6.45, 7) is 0.939. The van der Waals surface area contributed by atoms with Gasteiger partial charge in [0, 0.05) is 10.6 Å². The molecule has 1 N–H and O–H groups in total. The highest BCUT2D eigenvalue weighted by molar-refractivity contribution is 8.14. The van der Waals surface area contributed by atoms with E-state index in [1.807, 2.05) is 6.07 Å². The van der Waals surface area contributed by atoms with Gasteiger partial charge in [-0.05, 0) is 18.4 Å². The van der Waals surface area contributed by atoms with Crippen LogP contribution in [0.3, 0.4) is 0 Å². The van der Waals surface area contributed by atoms with Crippen LogP contribution in [0.15, 0.2) is 34.2 Å². The van der Waals surface area contributed by atoms with Crippen molar-refractivity contribution < 1.29 is 0 Å². The Kier molecular flexibility index (Phi) is 3.37. The Morgan fingerprint density at radius 3 is 3.00 bits per heavy atom. The van der Waals surface area contributed by atoms with Gasteiger partial charge in [0.25, 0.3) is 0 Å². The summed E-state index contributed by atoms with van der Waals surface area (Å²) in [4.78, 5) is 5.63. The van der Waals surface area contributed by atoms with Gasteiger partial charge in [0.05, 0.1) is 12.2 Å². The lowest BCUT2D eigenvalue weighted by molar-refractivity contribution is 1.17. The fourth-order valence-electron chi connectivity index (χ4n) is 1.27. The van der Waals surface area contributed by atoms with E-state index in [1.165, 1.54) is 4.90 Å². The number of nitrogens with zero attached hydrogens (tertiary/aromatic N) is 1. The van der Waals surface area contributed by atoms with Crippen molar-refractivity contribution in [2.24, 2.45) is 4.99 Å². The first kappa shape index (κ1) is 9.93. The average molecular weight is 224 g/mol. The highest BCUT2D eigenvalue weighted by Crippen LogP contribution is 2.26. The first-order chi connectivity index (χ1) is 6.90. The molecule has 2 nitrogen and oxygen atoms in total. The number of rotatable bonds is 2. The van der Waals surface area contributed by atoms with Crippen LogP contribution in [0.5, 0.6) is 0 Å². The van der Waals surface area contributed by atoms with Crippen LogP contribution >= 0.6 is 23.5 Å². The molecule has 0 radical (unpaired) electrons. The van der Waals surface area contributed by atoms with Crippen LogP contribution in [0.2, 0.25) is 0 Å². The summed E-state index contributed by atoms with van der Waals surface area (Å²) in [5.41, 5.74) is 1.16. The Balaban J connectivity index is 2.15. The zero-order chi connectivity index (χ0) is 9.80. The van der Waals surface area contributed by atoms with Crippen molar-refractivity contribution in [2.75, 3.05) is 23.9 Å². The van der Waals surface area contributed by atoms with Crippen molar-refractivity contribution in [3.63, 3.8) is 0 Å². The smallest absolute Gasteiger partial charge is 0.161 e. The Morgan fingerprint density at radius 1 is 1.43 bits per heavy atom. The number of para-hydroxylation sites is 1. The van der Waals surface area contributed by atoms with Gasteiger partial charge in [0.2, 0.25) is 0 Å². The Morgan fingerprint density at radius 2 is 2.29 bits per heavy atom.